The lowest BCUT2D eigenvalue weighted by Crippen LogP contribution is -2.62. The number of hydrogen-bond donors (Lipinski definition) is 19. The van der Waals surface area contributed by atoms with Crippen LogP contribution in [0.5, 0.6) is 5.75 Å². The molecule has 22 N–H and O–H groups in total. The number of carbonyl (C=O) groups excluding carboxylic acids is 17. The van der Waals surface area contributed by atoms with Crippen LogP contribution in [0.1, 0.15) is 147 Å². The number of aromatic nitrogens is 3. The number of aromatic amines is 2. The van der Waals surface area contributed by atoms with Gasteiger partial charge in [0.05, 0.1) is 31.7 Å². The number of primary amides is 2. The summed E-state index contributed by atoms with van der Waals surface area (Å²) in [6.07, 6.45) is 4.66. The number of thiophene rings is 1. The Morgan fingerprint density at radius 1 is 0.548 bits per heavy atom. The molecule has 732 valence electrons. The van der Waals surface area contributed by atoms with Gasteiger partial charge in [-0.25, -0.2) is 4.98 Å². The first-order chi connectivity index (χ1) is 64.4. The molecule has 0 spiro atoms. The Morgan fingerprint density at radius 3 is 1.71 bits per heavy atom. The number of phenols is 1. The van der Waals surface area contributed by atoms with Gasteiger partial charge in [0.1, 0.15) is 90.3 Å². The minimum Gasteiger partial charge on any atom is -0.508 e. The molecule has 44 heteroatoms. The number of unbranched alkanes of at least 4 members (excludes halogenated alkanes) is 2. The Balaban J connectivity index is 1.10. The number of amides is 17. The monoisotopic (exact) mass is 1910 g/mol. The first-order valence-corrected chi connectivity index (χ1v) is 47.4. The normalized spacial score (nSPS) is 24.2. The predicted octanol–water partition coefficient (Wildman–Crippen LogP) is -1.17. The molecule has 0 aliphatic carbocycles. The third kappa shape index (κ3) is 29.6. The summed E-state index contributed by atoms with van der Waals surface area (Å²) in [6, 6.07) is -1.10. The van der Waals surface area contributed by atoms with Gasteiger partial charge in [0.25, 0.3) is 0 Å². The molecule has 0 saturated carbocycles. The van der Waals surface area contributed by atoms with Crippen molar-refractivity contribution in [3.8, 4) is 5.75 Å². The first-order valence-electron chi connectivity index (χ1n) is 45.4. The number of fused-ring (bicyclic) bond motifs is 4. The fraction of sp³-hybridized carbons (Fsp3) is 0.527. The highest BCUT2D eigenvalue weighted by Gasteiger charge is 2.46. The van der Waals surface area contributed by atoms with E-state index in [1.165, 1.54) is 86.0 Å². The summed E-state index contributed by atoms with van der Waals surface area (Å²) in [5.41, 5.74) is 19.4. The second-order valence-corrected chi connectivity index (χ2v) is 36.6. The topological polar surface area (TPSA) is 626 Å². The number of para-hydroxylation sites is 1. The molecule has 6 heterocycles. The number of likely N-dealkylation sites (N-methyl/N-ethyl adjacent to an activating group) is 3. The lowest BCUT2D eigenvalue weighted by molar-refractivity contribution is -0.149. The van der Waals surface area contributed by atoms with Gasteiger partial charge in [0.2, 0.25) is 100 Å². The highest BCUT2D eigenvalue weighted by Crippen LogP contribution is 2.30. The third-order valence-electron chi connectivity index (χ3n) is 24.2. The van der Waals surface area contributed by atoms with Crippen molar-refractivity contribution in [1.82, 2.24) is 97.9 Å². The summed E-state index contributed by atoms with van der Waals surface area (Å²) in [6.45, 7) is 6.68. The summed E-state index contributed by atoms with van der Waals surface area (Å²) in [5.74, 6) is -17.2. The Hall–Kier alpha value is -13.3. The lowest BCUT2D eigenvalue weighted by Gasteiger charge is -2.36. The summed E-state index contributed by atoms with van der Waals surface area (Å²) in [4.78, 5) is 266. The van der Waals surface area contributed by atoms with Crippen LogP contribution in [0.25, 0.3) is 21.0 Å². The molecule has 6 aromatic rings. The fourth-order valence-electron chi connectivity index (χ4n) is 16.7. The number of nitrogens with one attached hydrogen (secondary N) is 14. The zero-order chi connectivity index (χ0) is 98.4. The van der Waals surface area contributed by atoms with Crippen molar-refractivity contribution >= 4 is 150 Å². The maximum absolute atomic E-state index is 15.8. The molecule has 9 rings (SSSR count). The van der Waals surface area contributed by atoms with Crippen molar-refractivity contribution in [2.45, 2.75) is 235 Å². The van der Waals surface area contributed by atoms with E-state index in [0.717, 1.165) is 36.5 Å². The van der Waals surface area contributed by atoms with Gasteiger partial charge >= 0.3 is 0 Å². The Bertz CT molecular complexity index is 5210. The number of nitrogens with zero attached hydrogens (tertiary/aromatic N) is 6. The quantitative estimate of drug-likeness (QED) is 0.0132. The molecule has 135 heavy (non-hydrogen) atoms. The number of aliphatic hydroxyl groups excluding tert-OH is 1. The van der Waals surface area contributed by atoms with Crippen molar-refractivity contribution < 1.29 is 91.7 Å². The zero-order valence-electron chi connectivity index (χ0n) is 77.1. The van der Waals surface area contributed by atoms with Crippen LogP contribution >= 0.6 is 23.1 Å². The summed E-state index contributed by atoms with van der Waals surface area (Å²) < 4.78 is 0.825. The number of aliphatic hydroxyl groups is 1. The van der Waals surface area contributed by atoms with Crippen LogP contribution in [0.15, 0.2) is 96.9 Å². The molecule has 3 saturated heterocycles. The van der Waals surface area contributed by atoms with Crippen LogP contribution in [0, 0.1) is 11.3 Å². The van der Waals surface area contributed by atoms with Gasteiger partial charge < -0.3 is 120 Å². The molecule has 17 amide bonds. The average molecular weight is 1910 g/mol. The molecular weight excluding hydrogens is 1780 g/mol. The van der Waals surface area contributed by atoms with E-state index in [9.17, 15) is 53.4 Å². The molecule has 3 aromatic carbocycles. The van der Waals surface area contributed by atoms with Gasteiger partial charge in [0, 0.05) is 106 Å². The number of guanidine groups is 1. The van der Waals surface area contributed by atoms with Crippen LogP contribution in [0.3, 0.4) is 0 Å². The molecule has 3 aromatic heterocycles. The minimum atomic E-state index is -1.84. The smallest absolute Gasteiger partial charge is 0.246 e. The molecule has 14 atom stereocenters. The van der Waals surface area contributed by atoms with Crippen LogP contribution in [0.2, 0.25) is 0 Å². The van der Waals surface area contributed by atoms with E-state index in [-0.39, 0.29) is 115 Å². The number of thioether (sulfide) groups is 1. The van der Waals surface area contributed by atoms with Gasteiger partial charge in [-0.05, 0) is 122 Å². The van der Waals surface area contributed by atoms with Crippen LogP contribution < -0.4 is 75.7 Å². The molecule has 0 radical (unpaired) electrons. The number of imidazole rings is 1. The number of hydrogen-bond acceptors (Lipinski definition) is 23. The van der Waals surface area contributed by atoms with Gasteiger partial charge in [-0.3, -0.25) is 86.9 Å². The summed E-state index contributed by atoms with van der Waals surface area (Å²) in [7, 11) is 3.95. The average Bonchev–Trinajstić information content (AvgIpc) is 1.75. The van der Waals surface area contributed by atoms with Crippen molar-refractivity contribution in [2.24, 2.45) is 23.1 Å². The van der Waals surface area contributed by atoms with Crippen LogP contribution in [-0.4, -0.2) is 306 Å². The number of H-pyrrole nitrogens is 2. The summed E-state index contributed by atoms with van der Waals surface area (Å²) >= 11 is 2.13. The van der Waals surface area contributed by atoms with Gasteiger partial charge in [-0.15, -0.1) is 23.1 Å². The number of carbonyl (C=O) groups is 17. The molecule has 3 fully saturated rings. The van der Waals surface area contributed by atoms with E-state index in [0.29, 0.717) is 59.0 Å². The second kappa shape index (κ2) is 50.7. The molecule has 3 aliphatic heterocycles. The fourth-order valence-corrected chi connectivity index (χ4v) is 18.5. The molecular formula is C91H127N23O19S2. The lowest BCUT2D eigenvalue weighted by atomic mass is 10.00. The SMILES string of the molecule is CCCC[C@H]1C(=O)N(C)[C@@H](CCCC)C(=O)N[C@@H](CCCNC(=N)N)C(=O)N[C@H](C(=O)NCC(N)=O)CSCC(=O)N[C@@H](Cc2ccc(O)cc2)C(=O)N([13CH3])[C@@H](C)C(=O)N[C@@H](CC(N)=O)C(=O)N2CCC[C@H]2C(=O)N[C@@H](Cc2cnc[nH]2)C(=O)N[C@@H](CC(C)C)C(=O)N2CCC[C@H]2C(=O)N[C@@H](Cc2c[nH]c3ccccc23)C(=O)N[C@@H](CO)C(=O)N[C@@H](Cc2csc3ccccc23)C(=O)N1C. The number of rotatable bonds is 26. The van der Waals surface area contributed by atoms with Gasteiger partial charge in [-0.2, -0.15) is 0 Å². The van der Waals surface area contributed by atoms with Crippen molar-refractivity contribution in [2.75, 3.05) is 65.4 Å². The van der Waals surface area contributed by atoms with Gasteiger partial charge in [0.15, 0.2) is 5.96 Å². The van der Waals surface area contributed by atoms with E-state index >= 15 is 38.4 Å². The maximum Gasteiger partial charge on any atom is 0.246 e. The van der Waals surface area contributed by atoms with Crippen LogP contribution in [0.4, 0.5) is 0 Å². The molecule has 3 aliphatic rings. The minimum absolute atomic E-state index is 0.00306. The largest absolute Gasteiger partial charge is 0.508 e. The molecule has 0 bridgehead atoms. The number of aromatic hydroxyl groups is 1. The van der Waals surface area contributed by atoms with E-state index in [1.807, 2.05) is 32.0 Å². The van der Waals surface area contributed by atoms with E-state index in [1.54, 1.807) is 55.8 Å². The maximum atomic E-state index is 15.8. The highest BCUT2D eigenvalue weighted by molar-refractivity contribution is 8.00. The predicted molar refractivity (Wildman–Crippen MR) is 502 cm³/mol. The Kier molecular flexibility index (Phi) is 39.6. The van der Waals surface area contributed by atoms with Crippen LogP contribution in [-0.2, 0) is 107 Å². The van der Waals surface area contributed by atoms with Crippen molar-refractivity contribution in [3.05, 3.63) is 119 Å². The Morgan fingerprint density at radius 2 is 1.10 bits per heavy atom. The molecule has 0 unspecified atom stereocenters. The Labute approximate surface area is 789 Å². The van der Waals surface area contributed by atoms with E-state index in [2.05, 4.69) is 73.4 Å². The molecule has 42 nitrogen and oxygen atoms in total. The van der Waals surface area contributed by atoms with Crippen molar-refractivity contribution in [1.29, 1.82) is 5.41 Å². The first kappa shape index (κ1) is 105. The zero-order valence-corrected chi connectivity index (χ0v) is 78.8. The standard InChI is InChI=1S/C91H127N23O19S2/c1-9-11-24-69-83(126)102-60(23-17-33-97-91(94)95)79(122)109-68(78(121)99-44-75(93)118)47-134-48-76(119)101-64(37-52-29-31-56(116)32-30-52)86(129)110(6)51(5)77(120)105-66(41-74(92)117)89(132)114-35-19-27-71(114)85(128)104-62(40-55-43-96-49-100-55)81(124)106-63(36-50(3)4)88(131)113-34-18-26-70(113)84(127)103-61(38-53-42-98-59-22-15-13-20-57(53)59)80(123)108-67(45-115)82(125)107-65(39-54-46-135-73-28-16-14-21-58(54)73)87(130)112(8)72(25-12-10-2)90(133)111(69)7/h13-16,20-22,28-32,42-43,46,49-51,60-72,98,115-116H,9-12,17-19,23-27,33-41,44-45,47-48H2,1-8H3,(H2,92,117)(H2,93,118)(H,96,100)(H,99,121)(H,101,119)(H,102,126)(H,103,127)(H,104,128)(H,105,120)(H,106,124)(H,107,125)(H,108,123)(H,109,122)(H4,94,95,97)/t51-,60-,61-,62-,63-,64-,65-,66-,67-,68-,69-,70-,71-,72-/m0/s1/i6+1. The third-order valence-corrected chi connectivity index (χ3v) is 26.2. The van der Waals surface area contributed by atoms with Crippen molar-refractivity contribution in [3.63, 3.8) is 0 Å². The second-order valence-electron chi connectivity index (χ2n) is 34.7. The number of phenolic OH excluding ortho intramolecular Hbond substituents is 1. The number of benzene rings is 3. The number of nitrogens with two attached hydrogens (primary N) is 3. The summed E-state index contributed by atoms with van der Waals surface area (Å²) in [5, 5.41) is 61.9. The highest BCUT2D eigenvalue weighted by atomic mass is 32.2. The van der Waals surface area contributed by atoms with E-state index < -0.39 is 222 Å². The van der Waals surface area contributed by atoms with E-state index in [4.69, 9.17) is 22.6 Å². The van der Waals surface area contributed by atoms with Gasteiger partial charge in [-0.1, -0.05) is 102 Å².